The number of nitrogens with zero attached hydrogens (tertiary/aromatic N) is 1. The molecule has 0 saturated carbocycles. The van der Waals surface area contributed by atoms with Crippen LogP contribution in [0.25, 0.3) is 0 Å². The number of hydrogen-bond acceptors (Lipinski definition) is 4. The fraction of sp³-hybridized carbons (Fsp3) is 0.222. The summed E-state index contributed by atoms with van der Waals surface area (Å²) < 4.78 is 0. The first kappa shape index (κ1) is 25.5. The van der Waals surface area contributed by atoms with Crippen molar-refractivity contribution in [2.24, 2.45) is 5.73 Å². The second-order valence-corrected chi connectivity index (χ2v) is 8.20. The van der Waals surface area contributed by atoms with Crippen molar-refractivity contribution in [2.45, 2.75) is 18.0 Å². The van der Waals surface area contributed by atoms with Gasteiger partial charge in [0.25, 0.3) is 0 Å². The van der Waals surface area contributed by atoms with Crippen molar-refractivity contribution in [3.8, 4) is 0 Å². The van der Waals surface area contributed by atoms with Crippen LogP contribution in [0.5, 0.6) is 0 Å². The molecule has 182 valence electrons. The fourth-order valence-corrected chi connectivity index (χ4v) is 3.91. The van der Waals surface area contributed by atoms with E-state index in [1.165, 1.54) is 7.05 Å². The van der Waals surface area contributed by atoms with Gasteiger partial charge in [-0.1, -0.05) is 91.0 Å². The van der Waals surface area contributed by atoms with E-state index in [1.807, 2.05) is 91.0 Å². The van der Waals surface area contributed by atoms with Crippen LogP contribution < -0.4 is 16.4 Å². The number of carbonyl (C=O) groups excluding carboxylic acids is 2. The monoisotopic (exact) mass is 474 g/mol. The van der Waals surface area contributed by atoms with Gasteiger partial charge in [0.1, 0.15) is 5.54 Å². The van der Waals surface area contributed by atoms with Gasteiger partial charge in [-0.2, -0.15) is 0 Å². The van der Waals surface area contributed by atoms with Crippen molar-refractivity contribution < 1.29 is 19.5 Å². The lowest BCUT2D eigenvalue weighted by Gasteiger charge is -2.37. The average molecular weight is 475 g/mol. The molecular weight excluding hydrogens is 444 g/mol. The fourth-order valence-electron chi connectivity index (χ4n) is 3.91. The highest BCUT2D eigenvalue weighted by molar-refractivity contribution is 5.89. The van der Waals surface area contributed by atoms with E-state index in [0.29, 0.717) is 0 Å². The number of nitrogens with two attached hydrogens (primary N) is 1. The van der Waals surface area contributed by atoms with E-state index in [4.69, 9.17) is 10.8 Å². The predicted octanol–water partition coefficient (Wildman–Crippen LogP) is 2.54. The molecular formula is C27H30N4O4. The highest BCUT2D eigenvalue weighted by atomic mass is 16.4. The molecule has 0 spiro atoms. The number of nitrogens with one attached hydrogen (secondary N) is 2. The number of rotatable bonds is 10. The van der Waals surface area contributed by atoms with E-state index in [2.05, 4.69) is 10.6 Å². The maximum absolute atomic E-state index is 13.3. The standard InChI is InChI=1S/C27H30N4O4/c1-31(26(34)35)18-17-29-25(33)23(28)19-24(32)30-27(20-11-5-2-6-12-20,21-13-7-3-8-14-21)22-15-9-4-10-16-22/h2-16,23H,17-19,28H2,1H3,(H,29,33)(H,30,32)(H,34,35)/t23-/m1/s1. The number of carboxylic acid groups (broad SMARTS) is 1. The Bertz CT molecular complexity index is 1030. The third kappa shape index (κ3) is 6.24. The molecule has 3 amide bonds. The van der Waals surface area contributed by atoms with Crippen LogP contribution in [0.4, 0.5) is 4.79 Å². The van der Waals surface area contributed by atoms with E-state index in [0.717, 1.165) is 21.6 Å². The maximum Gasteiger partial charge on any atom is 0.407 e. The van der Waals surface area contributed by atoms with Gasteiger partial charge in [0.2, 0.25) is 11.8 Å². The molecule has 0 radical (unpaired) electrons. The normalized spacial score (nSPS) is 11.8. The van der Waals surface area contributed by atoms with Crippen molar-refractivity contribution in [1.29, 1.82) is 0 Å². The minimum Gasteiger partial charge on any atom is -0.465 e. The smallest absolute Gasteiger partial charge is 0.407 e. The summed E-state index contributed by atoms with van der Waals surface area (Å²) >= 11 is 0. The molecule has 0 aliphatic carbocycles. The van der Waals surface area contributed by atoms with Gasteiger partial charge < -0.3 is 26.4 Å². The average Bonchev–Trinajstić information content (AvgIpc) is 2.88. The molecule has 35 heavy (non-hydrogen) atoms. The van der Waals surface area contributed by atoms with Gasteiger partial charge in [0.05, 0.1) is 12.5 Å². The second-order valence-electron chi connectivity index (χ2n) is 8.20. The summed E-state index contributed by atoms with van der Waals surface area (Å²) in [4.78, 5) is 37.7. The van der Waals surface area contributed by atoms with Crippen LogP contribution in [0.3, 0.4) is 0 Å². The lowest BCUT2D eigenvalue weighted by atomic mass is 9.77. The quantitative estimate of drug-likeness (QED) is 0.336. The van der Waals surface area contributed by atoms with Crippen molar-refractivity contribution in [3.05, 3.63) is 108 Å². The van der Waals surface area contributed by atoms with Gasteiger partial charge in [-0.25, -0.2) is 4.79 Å². The molecule has 8 heteroatoms. The Balaban J connectivity index is 1.85. The summed E-state index contributed by atoms with van der Waals surface area (Å²) in [6.45, 7) is 0.206. The molecule has 3 rings (SSSR count). The topological polar surface area (TPSA) is 125 Å². The number of hydrogen-bond donors (Lipinski definition) is 4. The zero-order chi connectivity index (χ0) is 25.3. The summed E-state index contributed by atoms with van der Waals surface area (Å²) in [6, 6.07) is 27.8. The second kappa shape index (κ2) is 11.8. The third-order valence-corrected chi connectivity index (χ3v) is 5.76. The Hall–Kier alpha value is -4.17. The van der Waals surface area contributed by atoms with Gasteiger partial charge in [-0.05, 0) is 16.7 Å². The van der Waals surface area contributed by atoms with E-state index in [1.54, 1.807) is 0 Å². The lowest BCUT2D eigenvalue weighted by Crippen LogP contribution is -2.51. The van der Waals surface area contributed by atoms with Crippen LogP contribution in [0.2, 0.25) is 0 Å². The molecule has 0 fully saturated rings. The van der Waals surface area contributed by atoms with E-state index in [9.17, 15) is 14.4 Å². The molecule has 0 saturated heterocycles. The zero-order valence-electron chi connectivity index (χ0n) is 19.6. The highest BCUT2D eigenvalue weighted by Gasteiger charge is 2.38. The number of carbonyl (C=O) groups is 3. The van der Waals surface area contributed by atoms with E-state index in [-0.39, 0.29) is 19.5 Å². The molecule has 3 aromatic rings. The molecule has 0 aromatic heterocycles. The third-order valence-electron chi connectivity index (χ3n) is 5.76. The maximum atomic E-state index is 13.3. The minimum absolute atomic E-state index is 0.0962. The largest absolute Gasteiger partial charge is 0.465 e. The Morgan fingerprint density at radius 3 is 1.69 bits per heavy atom. The number of likely N-dealkylation sites (N-methyl/N-ethyl adjacent to an activating group) is 1. The first-order chi connectivity index (χ1) is 16.8. The summed E-state index contributed by atoms with van der Waals surface area (Å²) in [5.41, 5.74) is 7.61. The van der Waals surface area contributed by atoms with Gasteiger partial charge >= 0.3 is 6.09 Å². The van der Waals surface area contributed by atoms with Crippen LogP contribution in [0.1, 0.15) is 23.1 Å². The molecule has 0 heterocycles. The highest BCUT2D eigenvalue weighted by Crippen LogP contribution is 2.36. The Labute approximate surface area is 204 Å². The summed E-state index contributed by atoms with van der Waals surface area (Å²) in [6.07, 6.45) is -1.34. The minimum atomic E-state index is -1.10. The van der Waals surface area contributed by atoms with Crippen molar-refractivity contribution >= 4 is 17.9 Å². The summed E-state index contributed by atoms with van der Waals surface area (Å²) in [7, 11) is 1.40. The molecule has 1 atom stereocenters. The van der Waals surface area contributed by atoms with Crippen molar-refractivity contribution in [2.75, 3.05) is 20.1 Å². The van der Waals surface area contributed by atoms with E-state index >= 15 is 0 Å². The molecule has 5 N–H and O–H groups in total. The molecule has 0 unspecified atom stereocenters. The molecule has 0 aliphatic rings. The van der Waals surface area contributed by atoms with E-state index < -0.39 is 29.5 Å². The van der Waals surface area contributed by atoms with Crippen LogP contribution in [-0.2, 0) is 15.1 Å². The first-order valence-corrected chi connectivity index (χ1v) is 11.3. The lowest BCUT2D eigenvalue weighted by molar-refractivity contribution is -0.128. The SMILES string of the molecule is CN(CCNC(=O)[C@H](N)CC(=O)NC(c1ccccc1)(c1ccccc1)c1ccccc1)C(=O)O. The van der Waals surface area contributed by atoms with Crippen molar-refractivity contribution in [3.63, 3.8) is 0 Å². The molecule has 3 aromatic carbocycles. The Morgan fingerprint density at radius 1 is 0.857 bits per heavy atom. The number of amides is 3. The first-order valence-electron chi connectivity index (χ1n) is 11.3. The summed E-state index contributed by atoms with van der Waals surface area (Å²) in [5.74, 6) is -0.921. The summed E-state index contributed by atoms with van der Waals surface area (Å²) in [5, 5.41) is 14.7. The molecule has 8 nitrogen and oxygen atoms in total. The van der Waals surface area contributed by atoms with Crippen LogP contribution >= 0.6 is 0 Å². The van der Waals surface area contributed by atoms with Gasteiger partial charge in [-0.15, -0.1) is 0 Å². The van der Waals surface area contributed by atoms with Crippen LogP contribution in [0.15, 0.2) is 91.0 Å². The van der Waals surface area contributed by atoms with Crippen LogP contribution in [0, 0.1) is 0 Å². The van der Waals surface area contributed by atoms with Gasteiger partial charge in [0, 0.05) is 20.1 Å². The molecule has 0 aliphatic heterocycles. The van der Waals surface area contributed by atoms with Gasteiger partial charge in [0.15, 0.2) is 0 Å². The molecule has 0 bridgehead atoms. The van der Waals surface area contributed by atoms with Crippen molar-refractivity contribution in [1.82, 2.24) is 15.5 Å². The zero-order valence-corrected chi connectivity index (χ0v) is 19.6. The Morgan fingerprint density at radius 2 is 1.29 bits per heavy atom. The predicted molar refractivity (Wildman–Crippen MR) is 134 cm³/mol. The van der Waals surface area contributed by atoms with Gasteiger partial charge in [-0.3, -0.25) is 9.59 Å². The van der Waals surface area contributed by atoms with Crippen LogP contribution in [-0.4, -0.2) is 54.1 Å². The Kier molecular flexibility index (Phi) is 8.58. The number of benzene rings is 3.